The van der Waals surface area contributed by atoms with Gasteiger partial charge in [0.05, 0.1) is 41.1 Å². The molecule has 4 rings (SSSR count). The van der Waals surface area contributed by atoms with Crippen LogP contribution in [0.15, 0.2) is 41.4 Å². The van der Waals surface area contributed by atoms with E-state index in [-0.39, 0.29) is 12.5 Å². The van der Waals surface area contributed by atoms with E-state index in [1.165, 1.54) is 11.3 Å². The first-order valence-electron chi connectivity index (χ1n) is 9.72. The number of ether oxygens (including phenoxy) is 1. The predicted octanol–water partition coefficient (Wildman–Crippen LogP) is 3.29. The van der Waals surface area contributed by atoms with Gasteiger partial charge in [-0.05, 0) is 36.4 Å². The number of thiophene rings is 1. The molecule has 1 aromatic heterocycles. The number of hydrogen-bond donors (Lipinski definition) is 2. The predicted molar refractivity (Wildman–Crippen MR) is 119 cm³/mol. The van der Waals surface area contributed by atoms with Gasteiger partial charge in [-0.25, -0.2) is 4.79 Å². The van der Waals surface area contributed by atoms with Crippen LogP contribution in [0.3, 0.4) is 0 Å². The van der Waals surface area contributed by atoms with Crippen LogP contribution in [0.4, 0.5) is 16.2 Å². The van der Waals surface area contributed by atoms with Gasteiger partial charge < -0.3 is 10.1 Å². The van der Waals surface area contributed by atoms with Gasteiger partial charge in [0.1, 0.15) is 11.9 Å². The van der Waals surface area contributed by atoms with Crippen LogP contribution in [0.25, 0.3) is 0 Å². The Bertz CT molecular complexity index is 962. The first kappa shape index (κ1) is 20.5. The number of carbonyl (C=O) groups excluding carboxylic acids is 2. The van der Waals surface area contributed by atoms with Crippen molar-refractivity contribution >= 4 is 52.1 Å². The molecule has 1 aromatic carbocycles. The summed E-state index contributed by atoms with van der Waals surface area (Å²) in [6.07, 6.45) is 0.0207. The average molecular weight is 448 g/mol. The lowest BCUT2D eigenvalue weighted by molar-refractivity contribution is 0.0920. The maximum Gasteiger partial charge on any atom is 0.414 e. The zero-order chi connectivity index (χ0) is 21.1. The summed E-state index contributed by atoms with van der Waals surface area (Å²) in [5.74, 6) is 0.734. The van der Waals surface area contributed by atoms with E-state index in [9.17, 15) is 9.59 Å². The van der Waals surface area contributed by atoms with E-state index in [0.717, 1.165) is 36.7 Å². The molecule has 8 nitrogen and oxygen atoms in total. The van der Waals surface area contributed by atoms with E-state index in [0.29, 0.717) is 15.8 Å². The number of aliphatic imine (C=N–C) groups is 1. The number of amides is 2. The smallest absolute Gasteiger partial charge is 0.414 e. The fraction of sp³-hybridized carbons (Fsp3) is 0.350. The molecule has 0 aliphatic carbocycles. The van der Waals surface area contributed by atoms with Crippen LogP contribution in [-0.4, -0.2) is 50.1 Å². The Hall–Kier alpha value is -2.78. The van der Waals surface area contributed by atoms with Gasteiger partial charge in [0.25, 0.3) is 5.91 Å². The lowest BCUT2D eigenvalue weighted by Crippen LogP contribution is -2.47. The second kappa shape index (κ2) is 8.93. The van der Waals surface area contributed by atoms with Gasteiger partial charge in [0.15, 0.2) is 0 Å². The number of carbonyl (C=O) groups is 2. The number of benzene rings is 1. The summed E-state index contributed by atoms with van der Waals surface area (Å²) >= 11 is 7.07. The molecule has 2 aromatic rings. The van der Waals surface area contributed by atoms with Gasteiger partial charge in [-0.2, -0.15) is 0 Å². The highest BCUT2D eigenvalue weighted by Crippen LogP contribution is 2.25. The first-order chi connectivity index (χ1) is 14.5. The molecule has 3 heterocycles. The quantitative estimate of drug-likeness (QED) is 0.709. The molecule has 1 unspecified atom stereocenters. The number of amidine groups is 1. The molecule has 30 heavy (non-hydrogen) atoms. The minimum absolute atomic E-state index is 0.227. The third-order valence-electron chi connectivity index (χ3n) is 4.86. The minimum atomic E-state index is -0.419. The van der Waals surface area contributed by atoms with Crippen molar-refractivity contribution in [2.75, 3.05) is 36.1 Å². The highest BCUT2D eigenvalue weighted by Gasteiger charge is 2.32. The average Bonchev–Trinajstić information content (AvgIpc) is 3.37. The SMILES string of the molecule is CCC1=NCCN(c2ccc(N3CC(CNC(=O)c4ccc(Cl)s4)OC3=O)cc2)N1. The second-order valence-electron chi connectivity index (χ2n) is 6.89. The Kier molecular flexibility index (Phi) is 6.10. The zero-order valence-electron chi connectivity index (χ0n) is 16.4. The fourth-order valence-corrected chi connectivity index (χ4v) is 4.26. The van der Waals surface area contributed by atoms with Crippen LogP contribution in [-0.2, 0) is 4.74 Å². The molecule has 0 bridgehead atoms. The maximum absolute atomic E-state index is 12.3. The number of halogens is 1. The molecule has 2 N–H and O–H groups in total. The third kappa shape index (κ3) is 4.52. The minimum Gasteiger partial charge on any atom is -0.442 e. The summed E-state index contributed by atoms with van der Waals surface area (Å²) in [4.78, 5) is 31.0. The highest BCUT2D eigenvalue weighted by atomic mass is 35.5. The number of cyclic esters (lactones) is 1. The van der Waals surface area contributed by atoms with Gasteiger partial charge in [0, 0.05) is 12.1 Å². The lowest BCUT2D eigenvalue weighted by Gasteiger charge is -2.30. The summed E-state index contributed by atoms with van der Waals surface area (Å²) in [5.41, 5.74) is 5.06. The molecule has 158 valence electrons. The van der Waals surface area contributed by atoms with Crippen molar-refractivity contribution in [1.29, 1.82) is 0 Å². The van der Waals surface area contributed by atoms with Crippen molar-refractivity contribution in [2.45, 2.75) is 19.4 Å². The molecule has 2 aliphatic rings. The van der Waals surface area contributed by atoms with Crippen LogP contribution < -0.4 is 20.7 Å². The van der Waals surface area contributed by atoms with Gasteiger partial charge >= 0.3 is 6.09 Å². The molecule has 2 amide bonds. The van der Waals surface area contributed by atoms with Gasteiger partial charge in [-0.3, -0.25) is 25.1 Å². The van der Waals surface area contributed by atoms with Gasteiger partial charge in [-0.15, -0.1) is 11.3 Å². The summed E-state index contributed by atoms with van der Waals surface area (Å²) in [7, 11) is 0. The summed E-state index contributed by atoms with van der Waals surface area (Å²) in [6, 6.07) is 11.1. The van der Waals surface area contributed by atoms with Crippen molar-refractivity contribution in [1.82, 2.24) is 10.7 Å². The molecule has 1 saturated heterocycles. The van der Waals surface area contributed by atoms with Crippen LogP contribution in [0, 0.1) is 0 Å². The van der Waals surface area contributed by atoms with E-state index < -0.39 is 12.2 Å². The van der Waals surface area contributed by atoms with Crippen molar-refractivity contribution in [3.05, 3.63) is 45.6 Å². The van der Waals surface area contributed by atoms with E-state index in [4.69, 9.17) is 16.3 Å². The number of hydrazine groups is 1. The third-order valence-corrected chi connectivity index (χ3v) is 6.09. The number of rotatable bonds is 6. The number of anilines is 2. The molecule has 1 fully saturated rings. The number of nitrogens with zero attached hydrogens (tertiary/aromatic N) is 3. The van der Waals surface area contributed by atoms with Crippen molar-refractivity contribution in [3.63, 3.8) is 0 Å². The molecule has 2 aliphatic heterocycles. The van der Waals surface area contributed by atoms with Crippen LogP contribution in [0.5, 0.6) is 0 Å². The number of nitrogens with one attached hydrogen (secondary N) is 2. The monoisotopic (exact) mass is 447 g/mol. The lowest BCUT2D eigenvalue weighted by atomic mass is 10.2. The summed E-state index contributed by atoms with van der Waals surface area (Å²) in [6.45, 7) is 4.21. The summed E-state index contributed by atoms with van der Waals surface area (Å²) < 4.78 is 5.96. The van der Waals surface area contributed by atoms with Crippen LogP contribution in [0.2, 0.25) is 4.34 Å². The van der Waals surface area contributed by atoms with E-state index in [1.54, 1.807) is 17.0 Å². The summed E-state index contributed by atoms with van der Waals surface area (Å²) in [5, 5.41) is 4.84. The standard InChI is InChI=1S/C20H22ClN5O3S/c1-2-18-22-9-10-26(24-18)14-5-3-13(4-6-14)25-12-15(29-20(25)28)11-23-19(27)16-7-8-17(21)30-16/h3-8,15H,2,9-12H2,1H3,(H,22,24)(H,23,27). The van der Waals surface area contributed by atoms with Crippen LogP contribution >= 0.6 is 22.9 Å². The Morgan fingerprint density at radius 1 is 1.30 bits per heavy atom. The molecule has 0 spiro atoms. The molecule has 0 radical (unpaired) electrons. The molecular formula is C20H22ClN5O3S. The van der Waals surface area contributed by atoms with Crippen molar-refractivity contribution in [3.8, 4) is 0 Å². The highest BCUT2D eigenvalue weighted by molar-refractivity contribution is 7.18. The van der Waals surface area contributed by atoms with Crippen molar-refractivity contribution < 1.29 is 14.3 Å². The second-order valence-corrected chi connectivity index (χ2v) is 8.61. The maximum atomic E-state index is 12.3. The topological polar surface area (TPSA) is 86.3 Å². The Morgan fingerprint density at radius 3 is 2.77 bits per heavy atom. The largest absolute Gasteiger partial charge is 0.442 e. The van der Waals surface area contributed by atoms with E-state index in [2.05, 4.69) is 22.7 Å². The normalized spacial score (nSPS) is 18.7. The first-order valence-corrected chi connectivity index (χ1v) is 10.9. The van der Waals surface area contributed by atoms with Gasteiger partial charge in [0.2, 0.25) is 0 Å². The molecule has 1 atom stereocenters. The van der Waals surface area contributed by atoms with Crippen LogP contribution in [0.1, 0.15) is 23.0 Å². The molecular weight excluding hydrogens is 426 g/mol. The van der Waals surface area contributed by atoms with Crippen molar-refractivity contribution in [2.24, 2.45) is 4.99 Å². The zero-order valence-corrected chi connectivity index (χ0v) is 18.0. The molecule has 0 saturated carbocycles. The molecule has 10 heteroatoms. The van der Waals surface area contributed by atoms with Gasteiger partial charge in [-0.1, -0.05) is 18.5 Å². The Balaban J connectivity index is 1.34. The van der Waals surface area contributed by atoms with E-state index >= 15 is 0 Å². The Morgan fingerprint density at radius 2 is 2.07 bits per heavy atom. The Labute approximate surface area is 183 Å². The fourth-order valence-electron chi connectivity index (χ4n) is 3.30. The van der Waals surface area contributed by atoms with E-state index in [1.807, 2.05) is 29.3 Å². The number of hydrogen-bond acceptors (Lipinski definition) is 7.